The van der Waals surface area contributed by atoms with Gasteiger partial charge in [-0.05, 0) is 36.2 Å². The Balaban J connectivity index is 2.87. The molecule has 0 aromatic rings. The molecule has 0 heterocycles. The Morgan fingerprint density at radius 1 is 1.23 bits per heavy atom. The first kappa shape index (κ1) is 10.6. The van der Waals surface area contributed by atoms with E-state index in [1.54, 1.807) is 0 Å². The van der Waals surface area contributed by atoms with Gasteiger partial charge in [-0.2, -0.15) is 0 Å². The Bertz CT molecular complexity index is 193. The van der Waals surface area contributed by atoms with Crippen LogP contribution in [0.5, 0.6) is 0 Å². The summed E-state index contributed by atoms with van der Waals surface area (Å²) in [6.07, 6.45) is 5.12. The van der Waals surface area contributed by atoms with Gasteiger partial charge in [0, 0.05) is 6.42 Å². The molecule has 0 saturated heterocycles. The second kappa shape index (κ2) is 3.73. The highest BCUT2D eigenvalue weighted by atomic mass is 16.3. The molecule has 0 unspecified atom stereocenters. The van der Waals surface area contributed by atoms with Crippen LogP contribution in [0.1, 0.15) is 47.0 Å². The minimum absolute atomic E-state index is 0.332. The number of hydrogen-bond donors (Lipinski definition) is 1. The molecule has 0 fully saturated rings. The van der Waals surface area contributed by atoms with Gasteiger partial charge in [-0.15, -0.1) is 0 Å². The van der Waals surface area contributed by atoms with Gasteiger partial charge in [-0.1, -0.05) is 27.7 Å². The van der Waals surface area contributed by atoms with Crippen molar-refractivity contribution < 1.29 is 5.11 Å². The Hall–Kier alpha value is -0.460. The number of aliphatic hydroxyl groups is 1. The standard InChI is InChI=1S/C12H22O/c1-9(2)12(10(3)4)7-5-6-11(13)8-12/h6,9-10,13H,5,7-8H2,1-4H3. The SMILES string of the molecule is CC(C)C1(C(C)C)CCC=C(O)C1. The van der Waals surface area contributed by atoms with E-state index in [9.17, 15) is 5.11 Å². The van der Waals surface area contributed by atoms with E-state index < -0.39 is 0 Å². The fourth-order valence-corrected chi connectivity index (χ4v) is 2.66. The molecule has 1 aliphatic rings. The van der Waals surface area contributed by atoms with E-state index in [1.807, 2.05) is 6.08 Å². The molecule has 1 aliphatic carbocycles. The molecule has 0 spiro atoms. The lowest BCUT2D eigenvalue weighted by Crippen LogP contribution is -2.35. The van der Waals surface area contributed by atoms with Crippen LogP contribution < -0.4 is 0 Å². The summed E-state index contributed by atoms with van der Waals surface area (Å²) >= 11 is 0. The molecule has 1 N–H and O–H groups in total. The number of rotatable bonds is 2. The molecule has 0 radical (unpaired) electrons. The highest BCUT2D eigenvalue weighted by Crippen LogP contribution is 2.47. The van der Waals surface area contributed by atoms with E-state index in [2.05, 4.69) is 27.7 Å². The zero-order valence-electron chi connectivity index (χ0n) is 9.30. The molecule has 0 aromatic carbocycles. The van der Waals surface area contributed by atoms with Crippen LogP contribution >= 0.6 is 0 Å². The molecular weight excluding hydrogens is 160 g/mol. The van der Waals surface area contributed by atoms with Gasteiger partial charge >= 0.3 is 0 Å². The summed E-state index contributed by atoms with van der Waals surface area (Å²) in [6, 6.07) is 0. The van der Waals surface area contributed by atoms with Crippen LogP contribution in [0.3, 0.4) is 0 Å². The zero-order chi connectivity index (χ0) is 10.1. The van der Waals surface area contributed by atoms with Crippen molar-refractivity contribution in [2.24, 2.45) is 17.3 Å². The summed E-state index contributed by atoms with van der Waals surface area (Å²) in [5.74, 6) is 1.92. The number of aliphatic hydroxyl groups excluding tert-OH is 1. The Morgan fingerprint density at radius 3 is 2.08 bits per heavy atom. The van der Waals surface area contributed by atoms with Gasteiger partial charge in [0.25, 0.3) is 0 Å². The Kier molecular flexibility index (Phi) is 3.05. The summed E-state index contributed by atoms with van der Waals surface area (Å²) in [5, 5.41) is 9.60. The first-order valence-electron chi connectivity index (χ1n) is 5.37. The molecule has 1 heteroatoms. The maximum absolute atomic E-state index is 9.60. The summed E-state index contributed by atoms with van der Waals surface area (Å²) in [6.45, 7) is 9.11. The van der Waals surface area contributed by atoms with Gasteiger partial charge in [-0.25, -0.2) is 0 Å². The van der Waals surface area contributed by atoms with E-state index in [-0.39, 0.29) is 0 Å². The molecule has 0 saturated carbocycles. The van der Waals surface area contributed by atoms with Crippen LogP contribution in [0.4, 0.5) is 0 Å². The summed E-state index contributed by atoms with van der Waals surface area (Å²) in [4.78, 5) is 0. The third-order valence-corrected chi connectivity index (χ3v) is 3.80. The van der Waals surface area contributed by atoms with Crippen LogP contribution in [0.25, 0.3) is 0 Å². The van der Waals surface area contributed by atoms with Crippen molar-refractivity contribution in [1.29, 1.82) is 0 Å². The van der Waals surface area contributed by atoms with Gasteiger partial charge in [0.2, 0.25) is 0 Å². The minimum atomic E-state index is 0.332. The zero-order valence-corrected chi connectivity index (χ0v) is 9.30. The van der Waals surface area contributed by atoms with Gasteiger partial charge in [0.1, 0.15) is 0 Å². The van der Waals surface area contributed by atoms with Crippen LogP contribution in [0.15, 0.2) is 11.8 Å². The normalized spacial score (nSPS) is 22.2. The van der Waals surface area contributed by atoms with Crippen molar-refractivity contribution in [1.82, 2.24) is 0 Å². The van der Waals surface area contributed by atoms with E-state index in [1.165, 1.54) is 6.42 Å². The lowest BCUT2D eigenvalue weighted by Gasteiger charge is -2.43. The second-order valence-electron chi connectivity index (χ2n) is 4.95. The van der Waals surface area contributed by atoms with Gasteiger partial charge in [-0.3, -0.25) is 0 Å². The van der Waals surface area contributed by atoms with Gasteiger partial charge in [0.15, 0.2) is 0 Å². The van der Waals surface area contributed by atoms with Crippen molar-refractivity contribution in [3.8, 4) is 0 Å². The molecule has 13 heavy (non-hydrogen) atoms. The second-order valence-corrected chi connectivity index (χ2v) is 4.95. The predicted octanol–water partition coefficient (Wildman–Crippen LogP) is 3.91. The van der Waals surface area contributed by atoms with E-state index in [0.717, 1.165) is 12.8 Å². The van der Waals surface area contributed by atoms with Crippen LogP contribution in [0, 0.1) is 17.3 Å². The van der Waals surface area contributed by atoms with E-state index >= 15 is 0 Å². The first-order valence-corrected chi connectivity index (χ1v) is 5.37. The summed E-state index contributed by atoms with van der Waals surface area (Å²) in [5.41, 5.74) is 0.332. The summed E-state index contributed by atoms with van der Waals surface area (Å²) < 4.78 is 0. The molecule has 1 nitrogen and oxygen atoms in total. The van der Waals surface area contributed by atoms with Crippen LogP contribution in [0.2, 0.25) is 0 Å². The third kappa shape index (κ3) is 1.90. The van der Waals surface area contributed by atoms with Crippen LogP contribution in [-0.2, 0) is 0 Å². The fraction of sp³-hybridized carbons (Fsp3) is 0.833. The van der Waals surface area contributed by atoms with Crippen molar-refractivity contribution >= 4 is 0 Å². The first-order chi connectivity index (χ1) is 5.99. The highest BCUT2D eigenvalue weighted by Gasteiger charge is 2.38. The quantitative estimate of drug-likeness (QED) is 0.686. The van der Waals surface area contributed by atoms with E-state index in [0.29, 0.717) is 23.0 Å². The molecule has 0 aromatic heterocycles. The monoisotopic (exact) mass is 182 g/mol. The average molecular weight is 182 g/mol. The molecule has 0 amide bonds. The maximum atomic E-state index is 9.60. The van der Waals surface area contributed by atoms with Gasteiger partial charge in [0.05, 0.1) is 5.76 Å². The average Bonchev–Trinajstić information content (AvgIpc) is 2.03. The minimum Gasteiger partial charge on any atom is -0.513 e. The van der Waals surface area contributed by atoms with Crippen LogP contribution in [-0.4, -0.2) is 5.11 Å². The van der Waals surface area contributed by atoms with Crippen molar-refractivity contribution in [2.75, 3.05) is 0 Å². The predicted molar refractivity (Wildman–Crippen MR) is 56.7 cm³/mol. The lowest BCUT2D eigenvalue weighted by atomic mass is 9.62. The number of allylic oxidation sites excluding steroid dienone is 2. The van der Waals surface area contributed by atoms with Crippen molar-refractivity contribution in [2.45, 2.75) is 47.0 Å². The third-order valence-electron chi connectivity index (χ3n) is 3.80. The smallest absolute Gasteiger partial charge is 0.0888 e. The molecular formula is C12H22O. The lowest BCUT2D eigenvalue weighted by molar-refractivity contribution is 0.0740. The van der Waals surface area contributed by atoms with Gasteiger partial charge < -0.3 is 5.11 Å². The largest absolute Gasteiger partial charge is 0.513 e. The molecule has 0 aliphatic heterocycles. The topological polar surface area (TPSA) is 20.2 Å². The molecule has 76 valence electrons. The van der Waals surface area contributed by atoms with E-state index in [4.69, 9.17) is 0 Å². The Labute approximate surface area is 81.9 Å². The maximum Gasteiger partial charge on any atom is 0.0888 e. The van der Waals surface area contributed by atoms with Crippen molar-refractivity contribution in [3.63, 3.8) is 0 Å². The number of hydrogen-bond acceptors (Lipinski definition) is 1. The molecule has 0 atom stereocenters. The molecule has 0 bridgehead atoms. The summed E-state index contributed by atoms with van der Waals surface area (Å²) in [7, 11) is 0. The van der Waals surface area contributed by atoms with Crippen molar-refractivity contribution in [3.05, 3.63) is 11.8 Å². The highest BCUT2D eigenvalue weighted by molar-refractivity contribution is 5.05. The Morgan fingerprint density at radius 2 is 1.77 bits per heavy atom. The molecule has 1 rings (SSSR count). The fourth-order valence-electron chi connectivity index (χ4n) is 2.66.